The third kappa shape index (κ3) is 3.17. The van der Waals surface area contributed by atoms with Gasteiger partial charge in [0.1, 0.15) is 5.75 Å². The fourth-order valence-corrected chi connectivity index (χ4v) is 2.06. The predicted molar refractivity (Wildman–Crippen MR) is 76.7 cm³/mol. The lowest BCUT2D eigenvalue weighted by molar-refractivity contribution is 0.172. The van der Waals surface area contributed by atoms with Gasteiger partial charge < -0.3 is 9.84 Å². The van der Waals surface area contributed by atoms with Crippen LogP contribution in [0.4, 0.5) is 0 Å². The Hall–Kier alpha value is -1.88. The van der Waals surface area contributed by atoms with E-state index in [-0.39, 0.29) is 0 Å². The highest BCUT2D eigenvalue weighted by molar-refractivity contribution is 5.32. The Bertz CT molecular complexity index is 554. The highest BCUT2D eigenvalue weighted by Crippen LogP contribution is 2.26. The van der Waals surface area contributed by atoms with Crippen molar-refractivity contribution in [2.75, 3.05) is 7.11 Å². The summed E-state index contributed by atoms with van der Waals surface area (Å²) in [5, 5.41) is 14.8. The van der Waals surface area contributed by atoms with E-state index >= 15 is 0 Å². The molecular formula is C15H21N3O2. The van der Waals surface area contributed by atoms with Crippen LogP contribution in [0.25, 0.3) is 0 Å². The van der Waals surface area contributed by atoms with E-state index < -0.39 is 6.10 Å². The van der Waals surface area contributed by atoms with Crippen molar-refractivity contribution in [2.24, 2.45) is 0 Å². The summed E-state index contributed by atoms with van der Waals surface area (Å²) in [5.41, 5.74) is 1.61. The first kappa shape index (κ1) is 14.5. The Labute approximate surface area is 119 Å². The predicted octanol–water partition coefficient (Wildman–Crippen LogP) is 2.53. The molecule has 0 bridgehead atoms. The highest BCUT2D eigenvalue weighted by atomic mass is 16.5. The van der Waals surface area contributed by atoms with Crippen LogP contribution in [0.15, 0.2) is 30.7 Å². The zero-order chi connectivity index (χ0) is 14.5. The number of aliphatic hydroxyl groups is 1. The molecule has 5 nitrogen and oxygen atoms in total. The Morgan fingerprint density at radius 3 is 2.90 bits per heavy atom. The van der Waals surface area contributed by atoms with Gasteiger partial charge in [-0.3, -0.25) is 9.67 Å². The Kier molecular flexibility index (Phi) is 4.74. The van der Waals surface area contributed by atoms with Crippen molar-refractivity contribution in [1.82, 2.24) is 14.8 Å². The van der Waals surface area contributed by atoms with Gasteiger partial charge in [-0.1, -0.05) is 6.92 Å². The normalized spacial score (nSPS) is 14.0. The zero-order valence-corrected chi connectivity index (χ0v) is 12.2. The standard InChI is InChI=1S/C15H21N3O2/c1-4-11(2)18-8-6-12(17-18)9-14(19)13-5-7-16-10-15(13)20-3/h5-8,10-11,14,19H,4,9H2,1-3H3. The second-order valence-electron chi connectivity index (χ2n) is 4.88. The fourth-order valence-electron chi connectivity index (χ4n) is 2.06. The number of hydrogen-bond donors (Lipinski definition) is 1. The van der Waals surface area contributed by atoms with Crippen LogP contribution >= 0.6 is 0 Å². The lowest BCUT2D eigenvalue weighted by Crippen LogP contribution is -2.08. The molecule has 0 spiro atoms. The Morgan fingerprint density at radius 1 is 1.40 bits per heavy atom. The van der Waals surface area contributed by atoms with Crippen LogP contribution in [0.2, 0.25) is 0 Å². The maximum atomic E-state index is 10.3. The molecule has 0 fully saturated rings. The molecule has 0 radical (unpaired) electrons. The van der Waals surface area contributed by atoms with E-state index in [0.29, 0.717) is 18.2 Å². The van der Waals surface area contributed by atoms with Gasteiger partial charge in [0.2, 0.25) is 0 Å². The van der Waals surface area contributed by atoms with Crippen LogP contribution < -0.4 is 4.74 Å². The minimum Gasteiger partial charge on any atom is -0.495 e. The highest BCUT2D eigenvalue weighted by Gasteiger charge is 2.15. The van der Waals surface area contributed by atoms with E-state index in [1.165, 1.54) is 0 Å². The quantitative estimate of drug-likeness (QED) is 0.880. The number of nitrogens with zero attached hydrogens (tertiary/aromatic N) is 3. The van der Waals surface area contributed by atoms with Gasteiger partial charge in [-0.15, -0.1) is 0 Å². The average molecular weight is 275 g/mol. The third-order valence-electron chi connectivity index (χ3n) is 3.50. The first-order valence-electron chi connectivity index (χ1n) is 6.85. The fraction of sp³-hybridized carbons (Fsp3) is 0.467. The first-order chi connectivity index (χ1) is 9.65. The summed E-state index contributed by atoms with van der Waals surface area (Å²) in [7, 11) is 1.57. The van der Waals surface area contributed by atoms with E-state index in [0.717, 1.165) is 17.7 Å². The van der Waals surface area contributed by atoms with E-state index in [9.17, 15) is 5.11 Å². The smallest absolute Gasteiger partial charge is 0.142 e. The molecule has 0 saturated carbocycles. The van der Waals surface area contributed by atoms with Gasteiger partial charge in [0.25, 0.3) is 0 Å². The molecule has 0 amide bonds. The minimum absolute atomic E-state index is 0.372. The molecule has 2 heterocycles. The van der Waals surface area contributed by atoms with Crippen molar-refractivity contribution in [3.8, 4) is 5.75 Å². The van der Waals surface area contributed by atoms with Crippen LogP contribution in [-0.2, 0) is 6.42 Å². The molecule has 20 heavy (non-hydrogen) atoms. The van der Waals surface area contributed by atoms with Crippen LogP contribution in [0.1, 0.15) is 43.7 Å². The average Bonchev–Trinajstić information content (AvgIpc) is 2.94. The first-order valence-corrected chi connectivity index (χ1v) is 6.85. The van der Waals surface area contributed by atoms with E-state index in [2.05, 4.69) is 23.9 Å². The van der Waals surface area contributed by atoms with Gasteiger partial charge in [0.15, 0.2) is 0 Å². The number of pyridine rings is 1. The van der Waals surface area contributed by atoms with E-state index in [4.69, 9.17) is 4.74 Å². The lowest BCUT2D eigenvalue weighted by atomic mass is 10.1. The van der Waals surface area contributed by atoms with Crippen molar-refractivity contribution in [2.45, 2.75) is 38.8 Å². The van der Waals surface area contributed by atoms with Crippen LogP contribution in [-0.4, -0.2) is 27.0 Å². The molecule has 2 aromatic rings. The summed E-state index contributed by atoms with van der Waals surface area (Å²) in [6.45, 7) is 4.25. The number of methoxy groups -OCH3 is 1. The topological polar surface area (TPSA) is 60.2 Å². The molecule has 1 N–H and O–H groups in total. The Morgan fingerprint density at radius 2 is 2.20 bits per heavy atom. The number of ether oxygens (including phenoxy) is 1. The summed E-state index contributed by atoms with van der Waals surface area (Å²) >= 11 is 0. The van der Waals surface area contributed by atoms with Crippen molar-refractivity contribution < 1.29 is 9.84 Å². The summed E-state index contributed by atoms with van der Waals surface area (Å²) in [6.07, 6.45) is 6.06. The van der Waals surface area contributed by atoms with Gasteiger partial charge in [-0.05, 0) is 25.5 Å². The second-order valence-corrected chi connectivity index (χ2v) is 4.88. The summed E-state index contributed by atoms with van der Waals surface area (Å²) in [4.78, 5) is 3.99. The monoisotopic (exact) mass is 275 g/mol. The van der Waals surface area contributed by atoms with E-state index in [1.54, 1.807) is 25.6 Å². The molecule has 0 aliphatic carbocycles. The molecular weight excluding hydrogens is 254 g/mol. The maximum Gasteiger partial charge on any atom is 0.142 e. The molecule has 0 aliphatic heterocycles. The second kappa shape index (κ2) is 6.52. The van der Waals surface area contributed by atoms with Gasteiger partial charge in [0.05, 0.1) is 25.1 Å². The molecule has 0 aliphatic rings. The van der Waals surface area contributed by atoms with Crippen molar-refractivity contribution in [3.63, 3.8) is 0 Å². The molecule has 2 rings (SSSR count). The van der Waals surface area contributed by atoms with Crippen LogP contribution in [0, 0.1) is 0 Å². The summed E-state index contributed by atoms with van der Waals surface area (Å²) in [6, 6.07) is 4.09. The van der Waals surface area contributed by atoms with Crippen LogP contribution in [0.3, 0.4) is 0 Å². The molecule has 108 valence electrons. The molecule has 2 unspecified atom stereocenters. The van der Waals surface area contributed by atoms with Crippen LogP contribution in [0.5, 0.6) is 5.75 Å². The summed E-state index contributed by atoms with van der Waals surface area (Å²) < 4.78 is 7.15. The van der Waals surface area contributed by atoms with Gasteiger partial charge in [-0.2, -0.15) is 5.10 Å². The number of aromatic nitrogens is 3. The molecule has 2 atom stereocenters. The molecule has 0 saturated heterocycles. The summed E-state index contributed by atoms with van der Waals surface area (Å²) in [5.74, 6) is 0.598. The minimum atomic E-state index is -0.645. The van der Waals surface area contributed by atoms with Gasteiger partial charge in [-0.25, -0.2) is 0 Å². The third-order valence-corrected chi connectivity index (χ3v) is 3.50. The lowest BCUT2D eigenvalue weighted by Gasteiger charge is -2.13. The molecule has 5 heteroatoms. The maximum absolute atomic E-state index is 10.3. The molecule has 2 aromatic heterocycles. The largest absolute Gasteiger partial charge is 0.495 e. The van der Waals surface area contributed by atoms with Gasteiger partial charge >= 0.3 is 0 Å². The zero-order valence-electron chi connectivity index (χ0n) is 12.2. The van der Waals surface area contributed by atoms with E-state index in [1.807, 2.05) is 16.9 Å². The SMILES string of the molecule is CCC(C)n1ccc(CC(O)c2ccncc2OC)n1. The number of aliphatic hydroxyl groups excluding tert-OH is 1. The number of rotatable bonds is 6. The van der Waals surface area contributed by atoms with Crippen molar-refractivity contribution in [1.29, 1.82) is 0 Å². The van der Waals surface area contributed by atoms with Crippen molar-refractivity contribution in [3.05, 3.63) is 42.0 Å². The molecule has 0 aromatic carbocycles. The Balaban J connectivity index is 2.11. The van der Waals surface area contributed by atoms with Gasteiger partial charge in [0, 0.05) is 30.4 Å². The number of hydrogen-bond acceptors (Lipinski definition) is 4. The van der Waals surface area contributed by atoms with Crippen molar-refractivity contribution >= 4 is 0 Å².